The summed E-state index contributed by atoms with van der Waals surface area (Å²) in [4.78, 5) is 12.9. The predicted octanol–water partition coefficient (Wildman–Crippen LogP) is 8.22. The van der Waals surface area contributed by atoms with Crippen LogP contribution in [0.5, 0.6) is 11.6 Å². The van der Waals surface area contributed by atoms with E-state index < -0.39 is 0 Å². The summed E-state index contributed by atoms with van der Waals surface area (Å²) in [6.45, 7) is 6.53. The third kappa shape index (κ3) is 7.04. The molecule has 8 heteroatoms. The van der Waals surface area contributed by atoms with E-state index in [2.05, 4.69) is 60.8 Å². The molecule has 1 aromatic heterocycles. The molecule has 0 saturated carbocycles. The minimum Gasteiger partial charge on any atom is -0.439 e. The standard InChI is InChI=1S/C31H34ClN5OS/c1-20(2)27-9-4-5-10-28(27)29-19-30(35-31(34-29)36-39-26-8-6-7-24(33)18-26)38-25-16-22(15-23(32)17-25)21-11-13-37(3)14-12-21/h4-10,15-21H,11-14,33H2,1-3H3,(H,34,35,36). The van der Waals surface area contributed by atoms with Gasteiger partial charge in [-0.1, -0.05) is 55.8 Å². The Morgan fingerprint density at radius 1 is 1.00 bits per heavy atom. The van der Waals surface area contributed by atoms with Gasteiger partial charge >= 0.3 is 0 Å². The van der Waals surface area contributed by atoms with Crippen LogP contribution in [0.3, 0.4) is 0 Å². The predicted molar refractivity (Wildman–Crippen MR) is 163 cm³/mol. The molecular weight excluding hydrogens is 526 g/mol. The van der Waals surface area contributed by atoms with Gasteiger partial charge in [-0.3, -0.25) is 4.72 Å². The number of aromatic nitrogens is 2. The third-order valence-corrected chi connectivity index (χ3v) is 7.98. The van der Waals surface area contributed by atoms with E-state index in [4.69, 9.17) is 32.0 Å². The van der Waals surface area contributed by atoms with Gasteiger partial charge in [0, 0.05) is 27.2 Å². The highest BCUT2D eigenvalue weighted by Crippen LogP contribution is 2.36. The number of nitrogens with zero attached hydrogens (tertiary/aromatic N) is 3. The first-order valence-corrected chi connectivity index (χ1v) is 14.5. The van der Waals surface area contributed by atoms with Crippen LogP contribution < -0.4 is 15.2 Å². The fraction of sp³-hybridized carbons (Fsp3) is 0.290. The highest BCUT2D eigenvalue weighted by atomic mass is 35.5. The summed E-state index contributed by atoms with van der Waals surface area (Å²) < 4.78 is 9.65. The Bertz CT molecular complexity index is 1440. The van der Waals surface area contributed by atoms with Crippen LogP contribution in [0.2, 0.25) is 5.02 Å². The maximum Gasteiger partial charge on any atom is 0.237 e. The zero-order valence-electron chi connectivity index (χ0n) is 22.5. The molecule has 0 bridgehead atoms. The normalized spacial score (nSPS) is 14.5. The molecule has 5 rings (SSSR count). The van der Waals surface area contributed by atoms with Crippen LogP contribution in [-0.4, -0.2) is 35.0 Å². The van der Waals surface area contributed by atoms with Crippen molar-refractivity contribution in [3.05, 3.63) is 88.9 Å². The van der Waals surface area contributed by atoms with Crippen molar-refractivity contribution >= 4 is 35.2 Å². The summed E-state index contributed by atoms with van der Waals surface area (Å²) in [5.41, 5.74) is 10.9. The molecule has 6 nitrogen and oxygen atoms in total. The highest BCUT2D eigenvalue weighted by molar-refractivity contribution is 8.00. The number of rotatable bonds is 8. The minimum atomic E-state index is 0.337. The smallest absolute Gasteiger partial charge is 0.237 e. The van der Waals surface area contributed by atoms with E-state index in [9.17, 15) is 0 Å². The molecule has 0 atom stereocenters. The molecule has 0 aliphatic carbocycles. The number of nitrogens with one attached hydrogen (secondary N) is 1. The van der Waals surface area contributed by atoms with E-state index in [-0.39, 0.29) is 0 Å². The molecule has 1 saturated heterocycles. The lowest BCUT2D eigenvalue weighted by Gasteiger charge is -2.29. The molecular formula is C31H34ClN5OS. The Kier molecular flexibility index (Phi) is 8.60. The summed E-state index contributed by atoms with van der Waals surface area (Å²) in [6.07, 6.45) is 2.21. The van der Waals surface area contributed by atoms with Crippen LogP contribution >= 0.6 is 23.5 Å². The quantitative estimate of drug-likeness (QED) is 0.166. The Balaban J connectivity index is 1.48. The van der Waals surface area contributed by atoms with Crippen molar-refractivity contribution in [2.24, 2.45) is 0 Å². The van der Waals surface area contributed by atoms with Gasteiger partial charge in [0.05, 0.1) is 5.69 Å². The van der Waals surface area contributed by atoms with E-state index in [0.717, 1.165) is 42.1 Å². The maximum absolute atomic E-state index is 6.56. The molecule has 1 fully saturated rings. The van der Waals surface area contributed by atoms with Gasteiger partial charge in [-0.15, -0.1) is 0 Å². The molecule has 0 amide bonds. The summed E-state index contributed by atoms with van der Waals surface area (Å²) in [5, 5.41) is 0.663. The zero-order chi connectivity index (χ0) is 27.4. The average Bonchev–Trinajstić information content (AvgIpc) is 2.92. The van der Waals surface area contributed by atoms with Crippen LogP contribution in [0.1, 0.15) is 49.7 Å². The number of hydrogen-bond acceptors (Lipinski definition) is 7. The first-order valence-electron chi connectivity index (χ1n) is 13.3. The molecule has 0 radical (unpaired) electrons. The van der Waals surface area contributed by atoms with Gasteiger partial charge in [-0.25, -0.2) is 4.98 Å². The van der Waals surface area contributed by atoms with E-state index in [1.165, 1.54) is 23.1 Å². The second kappa shape index (κ2) is 12.3. The number of anilines is 2. The number of likely N-dealkylation sites (tertiary alicyclic amines) is 1. The SMILES string of the molecule is CC(C)c1ccccc1-c1cc(Oc2cc(Cl)cc(C3CCN(C)CC3)c2)nc(NSc2cccc(N)c2)n1. The number of nitrogens with two attached hydrogens (primary N) is 1. The van der Waals surface area contributed by atoms with Gasteiger partial charge in [0.1, 0.15) is 5.75 Å². The van der Waals surface area contributed by atoms with E-state index >= 15 is 0 Å². The van der Waals surface area contributed by atoms with Crippen molar-refractivity contribution in [1.29, 1.82) is 0 Å². The van der Waals surface area contributed by atoms with Crippen molar-refractivity contribution < 1.29 is 4.74 Å². The van der Waals surface area contributed by atoms with E-state index in [1.54, 1.807) is 0 Å². The van der Waals surface area contributed by atoms with Gasteiger partial charge in [0.2, 0.25) is 11.8 Å². The van der Waals surface area contributed by atoms with Crippen molar-refractivity contribution in [3.63, 3.8) is 0 Å². The Labute approximate surface area is 240 Å². The monoisotopic (exact) mass is 559 g/mol. The average molecular weight is 560 g/mol. The number of piperidine rings is 1. The first-order chi connectivity index (χ1) is 18.8. The summed E-state index contributed by atoms with van der Waals surface area (Å²) in [5.74, 6) is 2.38. The summed E-state index contributed by atoms with van der Waals surface area (Å²) in [6, 6.07) is 23.9. The van der Waals surface area contributed by atoms with Crippen molar-refractivity contribution in [2.45, 2.75) is 43.4 Å². The number of ether oxygens (including phenoxy) is 1. The van der Waals surface area contributed by atoms with Crippen LogP contribution in [-0.2, 0) is 0 Å². The van der Waals surface area contributed by atoms with Gasteiger partial charge in [0.15, 0.2) is 0 Å². The van der Waals surface area contributed by atoms with Crippen LogP contribution in [0.4, 0.5) is 11.6 Å². The maximum atomic E-state index is 6.56. The topological polar surface area (TPSA) is 76.3 Å². The first kappa shape index (κ1) is 27.3. The Hall–Kier alpha value is -3.26. The molecule has 1 aliphatic rings. The Morgan fingerprint density at radius 2 is 1.79 bits per heavy atom. The van der Waals surface area contributed by atoms with Crippen LogP contribution in [0.25, 0.3) is 11.3 Å². The zero-order valence-corrected chi connectivity index (χ0v) is 24.1. The number of benzene rings is 3. The van der Waals surface area contributed by atoms with Gasteiger partial charge < -0.3 is 15.4 Å². The lowest BCUT2D eigenvalue weighted by Crippen LogP contribution is -2.29. The van der Waals surface area contributed by atoms with Crippen LogP contribution in [0, 0.1) is 0 Å². The molecule has 2 heterocycles. The number of halogens is 1. The number of hydrogen-bond donors (Lipinski definition) is 2. The molecule has 0 spiro atoms. The molecule has 0 unspecified atom stereocenters. The number of nitrogen functional groups attached to an aromatic ring is 1. The lowest BCUT2D eigenvalue weighted by molar-refractivity contribution is 0.255. The second-order valence-corrected chi connectivity index (χ2v) is 11.6. The summed E-state index contributed by atoms with van der Waals surface area (Å²) >= 11 is 7.96. The largest absolute Gasteiger partial charge is 0.439 e. The van der Waals surface area contributed by atoms with Crippen molar-refractivity contribution in [1.82, 2.24) is 14.9 Å². The third-order valence-electron chi connectivity index (χ3n) is 6.99. The van der Waals surface area contributed by atoms with Gasteiger partial charge in [-0.05, 0) is 104 Å². The molecule has 3 aromatic carbocycles. The Morgan fingerprint density at radius 3 is 2.56 bits per heavy atom. The van der Waals surface area contributed by atoms with Crippen molar-refractivity contribution in [3.8, 4) is 22.9 Å². The summed E-state index contributed by atoms with van der Waals surface area (Å²) in [7, 11) is 2.17. The van der Waals surface area contributed by atoms with E-state index in [0.29, 0.717) is 40.1 Å². The van der Waals surface area contributed by atoms with Crippen LogP contribution in [0.15, 0.2) is 77.7 Å². The lowest BCUT2D eigenvalue weighted by atomic mass is 9.89. The molecule has 4 aromatic rings. The fourth-order valence-corrected chi connectivity index (χ4v) is 5.79. The highest BCUT2D eigenvalue weighted by Gasteiger charge is 2.20. The second-order valence-electron chi connectivity index (χ2n) is 10.3. The molecule has 3 N–H and O–H groups in total. The minimum absolute atomic E-state index is 0.337. The van der Waals surface area contributed by atoms with Gasteiger partial charge in [-0.2, -0.15) is 4.98 Å². The fourth-order valence-electron chi connectivity index (χ4n) is 4.92. The van der Waals surface area contributed by atoms with Crippen molar-refractivity contribution in [2.75, 3.05) is 30.6 Å². The molecule has 1 aliphatic heterocycles. The molecule has 202 valence electrons. The van der Waals surface area contributed by atoms with E-state index in [1.807, 2.05) is 42.5 Å². The van der Waals surface area contributed by atoms with Gasteiger partial charge in [0.25, 0.3) is 0 Å². The molecule has 39 heavy (non-hydrogen) atoms.